The van der Waals surface area contributed by atoms with Crippen molar-refractivity contribution >= 4 is 11.9 Å². The van der Waals surface area contributed by atoms with E-state index in [1.165, 1.54) is 0 Å². The van der Waals surface area contributed by atoms with Crippen molar-refractivity contribution in [1.29, 1.82) is 0 Å². The highest BCUT2D eigenvalue weighted by Crippen LogP contribution is 2.45. The van der Waals surface area contributed by atoms with Gasteiger partial charge in [0.1, 0.15) is 0 Å². The first-order chi connectivity index (χ1) is 7.99. The zero-order valence-corrected chi connectivity index (χ0v) is 10.2. The van der Waals surface area contributed by atoms with E-state index in [2.05, 4.69) is 10.6 Å². The Morgan fingerprint density at radius 2 is 1.82 bits per heavy atom. The van der Waals surface area contributed by atoms with Gasteiger partial charge in [-0.1, -0.05) is 6.92 Å². The minimum atomic E-state index is -0.784. The van der Waals surface area contributed by atoms with Crippen LogP contribution in [0.1, 0.15) is 32.6 Å². The third-order valence-corrected chi connectivity index (χ3v) is 4.15. The molecule has 96 valence electrons. The highest BCUT2D eigenvalue weighted by atomic mass is 16.4. The van der Waals surface area contributed by atoms with Gasteiger partial charge < -0.3 is 15.7 Å². The van der Waals surface area contributed by atoms with E-state index < -0.39 is 11.4 Å². The van der Waals surface area contributed by atoms with E-state index >= 15 is 0 Å². The van der Waals surface area contributed by atoms with Crippen LogP contribution in [-0.4, -0.2) is 36.6 Å². The summed E-state index contributed by atoms with van der Waals surface area (Å²) in [6.07, 6.45) is 3.00. The second-order valence-electron chi connectivity index (χ2n) is 5.58. The van der Waals surface area contributed by atoms with Gasteiger partial charge in [0.2, 0.25) is 5.91 Å². The third-order valence-electron chi connectivity index (χ3n) is 4.15. The molecule has 0 spiro atoms. The predicted octanol–water partition coefficient (Wildman–Crippen LogP) is 0.357. The lowest BCUT2D eigenvalue weighted by Crippen LogP contribution is -2.47. The molecule has 1 saturated carbocycles. The molecule has 0 atom stereocenters. The van der Waals surface area contributed by atoms with Crippen molar-refractivity contribution in [3.05, 3.63) is 0 Å². The average Bonchev–Trinajstić information content (AvgIpc) is 3.08. The number of piperidine rings is 1. The van der Waals surface area contributed by atoms with Gasteiger partial charge in [0, 0.05) is 12.0 Å². The van der Waals surface area contributed by atoms with E-state index in [0.717, 1.165) is 25.9 Å². The normalized spacial score (nSPS) is 25.0. The van der Waals surface area contributed by atoms with Crippen LogP contribution >= 0.6 is 0 Å². The number of hydrogen-bond donors (Lipinski definition) is 3. The summed E-state index contributed by atoms with van der Waals surface area (Å²) < 4.78 is 0. The van der Waals surface area contributed by atoms with Gasteiger partial charge in [-0.2, -0.15) is 0 Å². The Hall–Kier alpha value is -1.10. The molecule has 5 heteroatoms. The number of amides is 1. The fraction of sp³-hybridized carbons (Fsp3) is 0.833. The Kier molecular flexibility index (Phi) is 3.12. The van der Waals surface area contributed by atoms with Crippen molar-refractivity contribution < 1.29 is 14.7 Å². The molecule has 0 radical (unpaired) electrons. The summed E-state index contributed by atoms with van der Waals surface area (Å²) in [5.74, 6) is -0.778. The van der Waals surface area contributed by atoms with Crippen molar-refractivity contribution in [2.75, 3.05) is 19.6 Å². The Bertz CT molecular complexity index is 331. The minimum absolute atomic E-state index is 0.00604. The topological polar surface area (TPSA) is 78.4 Å². The maximum Gasteiger partial charge on any atom is 0.311 e. The predicted molar refractivity (Wildman–Crippen MR) is 62.5 cm³/mol. The fourth-order valence-electron chi connectivity index (χ4n) is 2.29. The number of carboxylic acids is 1. The van der Waals surface area contributed by atoms with Crippen LogP contribution in [0.4, 0.5) is 0 Å². The Balaban J connectivity index is 1.87. The first-order valence-corrected chi connectivity index (χ1v) is 6.21. The van der Waals surface area contributed by atoms with Crippen LogP contribution < -0.4 is 10.6 Å². The van der Waals surface area contributed by atoms with Gasteiger partial charge in [0.05, 0.1) is 5.41 Å². The van der Waals surface area contributed by atoms with Crippen molar-refractivity contribution in [3.63, 3.8) is 0 Å². The second-order valence-corrected chi connectivity index (χ2v) is 5.58. The van der Waals surface area contributed by atoms with Crippen LogP contribution in [0.3, 0.4) is 0 Å². The van der Waals surface area contributed by atoms with Gasteiger partial charge >= 0.3 is 5.97 Å². The molecule has 17 heavy (non-hydrogen) atoms. The molecule has 2 rings (SSSR count). The number of carboxylic acid groups (broad SMARTS) is 1. The van der Waals surface area contributed by atoms with Gasteiger partial charge in [-0.15, -0.1) is 0 Å². The number of rotatable bonds is 4. The molecule has 2 aliphatic rings. The molecular formula is C12H20N2O3. The van der Waals surface area contributed by atoms with Crippen molar-refractivity contribution in [1.82, 2.24) is 10.6 Å². The summed E-state index contributed by atoms with van der Waals surface area (Å²) in [7, 11) is 0. The van der Waals surface area contributed by atoms with Gasteiger partial charge in [0.15, 0.2) is 0 Å². The molecule has 1 aliphatic heterocycles. The molecule has 2 fully saturated rings. The van der Waals surface area contributed by atoms with Crippen LogP contribution in [0.2, 0.25) is 0 Å². The highest BCUT2D eigenvalue weighted by molar-refractivity contribution is 5.84. The van der Waals surface area contributed by atoms with E-state index in [4.69, 9.17) is 5.11 Å². The molecule has 1 aliphatic carbocycles. The number of nitrogens with one attached hydrogen (secondary N) is 2. The Morgan fingerprint density at radius 1 is 1.24 bits per heavy atom. The van der Waals surface area contributed by atoms with E-state index in [1.807, 2.05) is 6.92 Å². The lowest BCUT2D eigenvalue weighted by molar-refractivity contribution is -0.143. The quantitative estimate of drug-likeness (QED) is 0.663. The highest BCUT2D eigenvalue weighted by Gasteiger charge is 2.50. The molecule has 3 N–H and O–H groups in total. The van der Waals surface area contributed by atoms with E-state index in [-0.39, 0.29) is 17.9 Å². The number of carbonyl (C=O) groups is 2. The Morgan fingerprint density at radius 3 is 2.29 bits per heavy atom. The first-order valence-electron chi connectivity index (χ1n) is 6.21. The third kappa shape index (κ3) is 2.44. The van der Waals surface area contributed by atoms with E-state index in [0.29, 0.717) is 12.8 Å². The lowest BCUT2D eigenvalue weighted by Gasteiger charge is -2.32. The molecule has 5 nitrogen and oxygen atoms in total. The van der Waals surface area contributed by atoms with Gasteiger partial charge in [-0.05, 0) is 38.8 Å². The van der Waals surface area contributed by atoms with Crippen LogP contribution in [0.5, 0.6) is 0 Å². The maximum absolute atomic E-state index is 12.1. The Labute approximate surface area is 101 Å². The van der Waals surface area contributed by atoms with Gasteiger partial charge in [0.25, 0.3) is 0 Å². The molecule has 0 aromatic rings. The smallest absolute Gasteiger partial charge is 0.311 e. The molecule has 1 saturated heterocycles. The molecule has 0 aromatic carbocycles. The van der Waals surface area contributed by atoms with Crippen LogP contribution in [0.15, 0.2) is 0 Å². The largest absolute Gasteiger partial charge is 0.481 e. The van der Waals surface area contributed by atoms with E-state index in [9.17, 15) is 9.59 Å². The molecule has 0 bridgehead atoms. The van der Waals surface area contributed by atoms with Crippen LogP contribution in [-0.2, 0) is 9.59 Å². The SMILES string of the molecule is CC1(C(=O)NCC2(C(=O)O)CC2)CCNCC1. The van der Waals surface area contributed by atoms with Gasteiger partial charge in [-0.3, -0.25) is 9.59 Å². The van der Waals surface area contributed by atoms with Crippen molar-refractivity contribution in [2.45, 2.75) is 32.6 Å². The summed E-state index contributed by atoms with van der Waals surface area (Å²) >= 11 is 0. The molecule has 1 amide bonds. The van der Waals surface area contributed by atoms with Crippen LogP contribution in [0, 0.1) is 10.8 Å². The minimum Gasteiger partial charge on any atom is -0.481 e. The second kappa shape index (κ2) is 4.29. The molecule has 1 heterocycles. The van der Waals surface area contributed by atoms with Crippen molar-refractivity contribution in [2.24, 2.45) is 10.8 Å². The van der Waals surface area contributed by atoms with E-state index in [1.54, 1.807) is 0 Å². The van der Waals surface area contributed by atoms with Gasteiger partial charge in [-0.25, -0.2) is 0 Å². The first kappa shape index (κ1) is 12.4. The monoisotopic (exact) mass is 240 g/mol. The zero-order chi connectivity index (χ0) is 12.5. The molecular weight excluding hydrogens is 220 g/mol. The number of aliphatic carboxylic acids is 1. The fourth-order valence-corrected chi connectivity index (χ4v) is 2.29. The average molecular weight is 240 g/mol. The summed E-state index contributed by atoms with van der Waals surface area (Å²) in [5.41, 5.74) is -1.00. The summed E-state index contributed by atoms with van der Waals surface area (Å²) in [4.78, 5) is 23.1. The summed E-state index contributed by atoms with van der Waals surface area (Å²) in [6.45, 7) is 3.95. The van der Waals surface area contributed by atoms with Crippen molar-refractivity contribution in [3.8, 4) is 0 Å². The zero-order valence-electron chi connectivity index (χ0n) is 10.2. The lowest BCUT2D eigenvalue weighted by atomic mass is 9.80. The number of hydrogen-bond acceptors (Lipinski definition) is 3. The number of carbonyl (C=O) groups excluding carboxylic acids is 1. The maximum atomic E-state index is 12.1. The standard InChI is InChI=1S/C12H20N2O3/c1-11(4-6-13-7-5-11)9(15)14-8-12(2-3-12)10(16)17/h13H,2-8H2,1H3,(H,14,15)(H,16,17). The molecule has 0 aromatic heterocycles. The summed E-state index contributed by atoms with van der Waals surface area (Å²) in [6, 6.07) is 0. The summed E-state index contributed by atoms with van der Waals surface area (Å²) in [5, 5.41) is 15.1. The van der Waals surface area contributed by atoms with Crippen LogP contribution in [0.25, 0.3) is 0 Å². The molecule has 0 unspecified atom stereocenters.